The zero-order chi connectivity index (χ0) is 11.8. The molecule has 0 spiro atoms. The van der Waals surface area contributed by atoms with E-state index < -0.39 is 0 Å². The Morgan fingerprint density at radius 1 is 1.33 bits per heavy atom. The molecule has 0 aromatic heterocycles. The van der Waals surface area contributed by atoms with E-state index in [1.54, 1.807) is 0 Å². The van der Waals surface area contributed by atoms with E-state index in [-0.39, 0.29) is 11.9 Å². The van der Waals surface area contributed by atoms with Crippen molar-refractivity contribution in [2.45, 2.75) is 33.6 Å². The average Bonchev–Trinajstić information content (AvgIpc) is 2.13. The van der Waals surface area contributed by atoms with Crippen molar-refractivity contribution >= 4 is 5.97 Å². The lowest BCUT2D eigenvalue weighted by Gasteiger charge is -2.17. The fraction of sp³-hybridized carbons (Fsp3) is 0.917. The summed E-state index contributed by atoms with van der Waals surface area (Å²) in [5.74, 6) is 0.594. The molecule has 90 valence electrons. The summed E-state index contributed by atoms with van der Waals surface area (Å²) in [6, 6.07) is 0. The van der Waals surface area contributed by atoms with Crippen LogP contribution < -0.4 is 0 Å². The third kappa shape index (κ3) is 7.37. The molecule has 1 unspecified atom stereocenters. The minimum atomic E-state index is -0.0342. The summed E-state index contributed by atoms with van der Waals surface area (Å²) in [4.78, 5) is 13.7. The van der Waals surface area contributed by atoms with E-state index in [2.05, 4.69) is 13.8 Å². The maximum Gasteiger partial charge on any atom is 0.308 e. The number of hydrogen-bond donors (Lipinski definition) is 0. The van der Waals surface area contributed by atoms with E-state index in [9.17, 15) is 4.79 Å². The molecular weight excluding hydrogens is 190 g/mol. The lowest BCUT2D eigenvalue weighted by atomic mass is 9.95. The Morgan fingerprint density at radius 3 is 2.33 bits per heavy atom. The van der Waals surface area contributed by atoms with E-state index in [1.807, 2.05) is 25.9 Å². The Balaban J connectivity index is 3.83. The molecule has 0 aliphatic carbocycles. The summed E-state index contributed by atoms with van der Waals surface area (Å²) in [6.07, 6.45) is 1.80. The lowest BCUT2D eigenvalue weighted by Crippen LogP contribution is -2.24. The zero-order valence-corrected chi connectivity index (χ0v) is 10.7. The Morgan fingerprint density at radius 2 is 1.93 bits per heavy atom. The molecule has 0 amide bonds. The first kappa shape index (κ1) is 14.4. The van der Waals surface area contributed by atoms with Gasteiger partial charge >= 0.3 is 5.97 Å². The fourth-order valence-electron chi connectivity index (χ4n) is 1.45. The Labute approximate surface area is 93.8 Å². The molecule has 0 saturated carbocycles. The molecule has 3 heteroatoms. The SMILES string of the molecule is CCC(CC(C)C)C(=O)OCCN(C)C. The van der Waals surface area contributed by atoms with E-state index >= 15 is 0 Å². The molecule has 3 nitrogen and oxygen atoms in total. The van der Waals surface area contributed by atoms with Crippen molar-refractivity contribution in [1.29, 1.82) is 0 Å². The van der Waals surface area contributed by atoms with Crippen LogP contribution >= 0.6 is 0 Å². The molecule has 0 fully saturated rings. The maximum absolute atomic E-state index is 11.7. The highest BCUT2D eigenvalue weighted by molar-refractivity contribution is 5.72. The second kappa shape index (κ2) is 7.69. The highest BCUT2D eigenvalue weighted by Gasteiger charge is 2.18. The van der Waals surface area contributed by atoms with Crippen molar-refractivity contribution in [2.75, 3.05) is 27.2 Å². The summed E-state index contributed by atoms with van der Waals surface area (Å²) in [5.41, 5.74) is 0. The van der Waals surface area contributed by atoms with Gasteiger partial charge in [-0.2, -0.15) is 0 Å². The van der Waals surface area contributed by atoms with Gasteiger partial charge in [-0.25, -0.2) is 0 Å². The molecule has 0 aromatic carbocycles. The molecule has 1 atom stereocenters. The van der Waals surface area contributed by atoms with Crippen molar-refractivity contribution in [3.05, 3.63) is 0 Å². The van der Waals surface area contributed by atoms with Crippen LogP contribution in [-0.2, 0) is 9.53 Å². The predicted octanol–water partition coefficient (Wildman–Crippen LogP) is 2.16. The number of likely N-dealkylation sites (N-methyl/N-ethyl adjacent to an activating group) is 1. The van der Waals surface area contributed by atoms with Crippen LogP contribution in [0.15, 0.2) is 0 Å². The van der Waals surface area contributed by atoms with Gasteiger partial charge in [0.05, 0.1) is 5.92 Å². The standard InChI is InChI=1S/C12H25NO2/c1-6-11(9-10(2)3)12(14)15-8-7-13(4)5/h10-11H,6-9H2,1-5H3. The molecule has 0 saturated heterocycles. The van der Waals surface area contributed by atoms with Gasteiger partial charge in [0, 0.05) is 6.54 Å². The first-order chi connectivity index (χ1) is 6.97. The second-order valence-electron chi connectivity index (χ2n) is 4.71. The fourth-order valence-corrected chi connectivity index (χ4v) is 1.45. The highest BCUT2D eigenvalue weighted by Crippen LogP contribution is 2.16. The van der Waals surface area contributed by atoms with Gasteiger partial charge < -0.3 is 9.64 Å². The van der Waals surface area contributed by atoms with E-state index in [1.165, 1.54) is 0 Å². The van der Waals surface area contributed by atoms with Crippen molar-refractivity contribution in [2.24, 2.45) is 11.8 Å². The third-order valence-corrected chi connectivity index (χ3v) is 2.36. The van der Waals surface area contributed by atoms with Gasteiger partial charge in [-0.15, -0.1) is 0 Å². The molecule has 0 aliphatic heterocycles. The van der Waals surface area contributed by atoms with Gasteiger partial charge in [-0.1, -0.05) is 20.8 Å². The number of rotatable bonds is 7. The molecule has 0 bridgehead atoms. The van der Waals surface area contributed by atoms with E-state index in [0.717, 1.165) is 19.4 Å². The quantitative estimate of drug-likeness (QED) is 0.610. The number of esters is 1. The monoisotopic (exact) mass is 215 g/mol. The minimum absolute atomic E-state index is 0.0342. The van der Waals surface area contributed by atoms with Gasteiger partial charge in [0.1, 0.15) is 6.61 Å². The van der Waals surface area contributed by atoms with Gasteiger partial charge in [0.2, 0.25) is 0 Å². The van der Waals surface area contributed by atoms with Crippen LogP contribution in [0.5, 0.6) is 0 Å². The maximum atomic E-state index is 11.7. The summed E-state index contributed by atoms with van der Waals surface area (Å²) in [6.45, 7) is 7.61. The predicted molar refractivity (Wildman–Crippen MR) is 62.7 cm³/mol. The van der Waals surface area contributed by atoms with E-state index in [4.69, 9.17) is 4.74 Å². The van der Waals surface area contributed by atoms with Crippen LogP contribution in [0.1, 0.15) is 33.6 Å². The molecule has 0 heterocycles. The third-order valence-electron chi connectivity index (χ3n) is 2.36. The first-order valence-corrected chi connectivity index (χ1v) is 5.78. The summed E-state index contributed by atoms with van der Waals surface area (Å²) >= 11 is 0. The smallest absolute Gasteiger partial charge is 0.308 e. The molecule has 0 rings (SSSR count). The van der Waals surface area contributed by atoms with Crippen molar-refractivity contribution in [3.63, 3.8) is 0 Å². The lowest BCUT2D eigenvalue weighted by molar-refractivity contribution is -0.149. The van der Waals surface area contributed by atoms with Crippen LogP contribution in [0.4, 0.5) is 0 Å². The molecule has 0 aromatic rings. The summed E-state index contributed by atoms with van der Waals surface area (Å²) < 4.78 is 5.23. The van der Waals surface area contributed by atoms with Crippen LogP contribution in [0.3, 0.4) is 0 Å². The van der Waals surface area contributed by atoms with Gasteiger partial charge in [0.15, 0.2) is 0 Å². The largest absolute Gasteiger partial charge is 0.464 e. The Kier molecular flexibility index (Phi) is 7.39. The van der Waals surface area contributed by atoms with Gasteiger partial charge in [-0.3, -0.25) is 4.79 Å². The molecule has 15 heavy (non-hydrogen) atoms. The molecule has 0 N–H and O–H groups in total. The van der Waals surface area contributed by atoms with Gasteiger partial charge in [-0.05, 0) is 32.9 Å². The molecular formula is C12H25NO2. The van der Waals surface area contributed by atoms with Crippen molar-refractivity contribution < 1.29 is 9.53 Å². The second-order valence-corrected chi connectivity index (χ2v) is 4.71. The number of ether oxygens (including phenoxy) is 1. The summed E-state index contributed by atoms with van der Waals surface area (Å²) in [7, 11) is 3.94. The number of carbonyl (C=O) groups excluding carboxylic acids is 1. The minimum Gasteiger partial charge on any atom is -0.464 e. The van der Waals surface area contributed by atoms with Crippen LogP contribution in [0.25, 0.3) is 0 Å². The van der Waals surface area contributed by atoms with Crippen LogP contribution in [-0.4, -0.2) is 38.1 Å². The van der Waals surface area contributed by atoms with Crippen molar-refractivity contribution in [1.82, 2.24) is 4.90 Å². The number of hydrogen-bond acceptors (Lipinski definition) is 3. The first-order valence-electron chi connectivity index (χ1n) is 5.78. The van der Waals surface area contributed by atoms with Gasteiger partial charge in [0.25, 0.3) is 0 Å². The topological polar surface area (TPSA) is 29.5 Å². The van der Waals surface area contributed by atoms with Crippen molar-refractivity contribution in [3.8, 4) is 0 Å². The number of carbonyl (C=O) groups is 1. The highest BCUT2D eigenvalue weighted by atomic mass is 16.5. The molecule has 0 radical (unpaired) electrons. The molecule has 0 aliphatic rings. The Hall–Kier alpha value is -0.570. The van der Waals surface area contributed by atoms with E-state index in [0.29, 0.717) is 12.5 Å². The van der Waals surface area contributed by atoms with Crippen LogP contribution in [0.2, 0.25) is 0 Å². The normalized spacial score (nSPS) is 13.3. The Bertz CT molecular complexity index is 178. The zero-order valence-electron chi connectivity index (χ0n) is 10.7. The summed E-state index contributed by atoms with van der Waals surface area (Å²) in [5, 5.41) is 0. The average molecular weight is 215 g/mol. The number of nitrogens with zero attached hydrogens (tertiary/aromatic N) is 1. The van der Waals surface area contributed by atoms with Crippen LogP contribution in [0, 0.1) is 11.8 Å².